The van der Waals surface area contributed by atoms with Gasteiger partial charge in [-0.3, -0.25) is 5.10 Å². The van der Waals surface area contributed by atoms with E-state index in [-0.39, 0.29) is 0 Å². The van der Waals surface area contributed by atoms with E-state index in [4.69, 9.17) is 4.74 Å². The number of ether oxygens (including phenoxy) is 1. The molecule has 1 aliphatic rings. The molecule has 0 atom stereocenters. The van der Waals surface area contributed by atoms with Crippen LogP contribution in [0.3, 0.4) is 0 Å². The molecule has 1 fully saturated rings. The Morgan fingerprint density at radius 3 is 2.53 bits per heavy atom. The summed E-state index contributed by atoms with van der Waals surface area (Å²) in [5, 5.41) is 5.62. The van der Waals surface area contributed by atoms with Gasteiger partial charge in [-0.15, -0.1) is 0 Å². The molecule has 1 aromatic heterocycles. The summed E-state index contributed by atoms with van der Waals surface area (Å²) in [5.74, 6) is 0.325. The average molecular weight is 221 g/mol. The van der Waals surface area contributed by atoms with Crippen molar-refractivity contribution in [3.05, 3.63) is 11.8 Å². The lowest BCUT2D eigenvalue weighted by Crippen LogP contribution is -2.36. The number of hydrogen-bond acceptors (Lipinski definition) is 3. The van der Waals surface area contributed by atoms with Gasteiger partial charge >= 0.3 is 6.18 Å². The highest BCUT2D eigenvalue weighted by molar-refractivity contribution is 5.40. The number of anilines is 1. The number of nitrogens with one attached hydrogen (secondary N) is 1. The molecule has 1 aliphatic heterocycles. The molecule has 0 aliphatic carbocycles. The van der Waals surface area contributed by atoms with Gasteiger partial charge in [0.15, 0.2) is 5.82 Å². The summed E-state index contributed by atoms with van der Waals surface area (Å²) in [6, 6.07) is 1.02. The second kappa shape index (κ2) is 3.73. The van der Waals surface area contributed by atoms with E-state index in [1.807, 2.05) is 5.10 Å². The number of halogens is 3. The molecule has 7 heteroatoms. The molecule has 2 rings (SSSR count). The number of aromatic amines is 1. The summed E-state index contributed by atoms with van der Waals surface area (Å²) in [6.07, 6.45) is -4.36. The molecule has 0 bridgehead atoms. The third-order valence-electron chi connectivity index (χ3n) is 2.20. The van der Waals surface area contributed by atoms with Crippen molar-refractivity contribution < 1.29 is 17.9 Å². The number of H-pyrrole nitrogens is 1. The second-order valence-corrected chi connectivity index (χ2v) is 3.24. The quantitative estimate of drug-likeness (QED) is 0.776. The SMILES string of the molecule is FC(F)(F)c1cc(N2CCOCC2)n[nH]1. The van der Waals surface area contributed by atoms with Crippen LogP contribution in [0.2, 0.25) is 0 Å². The fraction of sp³-hybridized carbons (Fsp3) is 0.625. The summed E-state index contributed by atoms with van der Waals surface area (Å²) < 4.78 is 41.9. The van der Waals surface area contributed by atoms with Crippen molar-refractivity contribution in [3.63, 3.8) is 0 Å². The molecule has 4 nitrogen and oxygen atoms in total. The standard InChI is InChI=1S/C8H10F3N3O/c9-8(10,11)6-5-7(13-12-6)14-1-3-15-4-2-14/h5H,1-4H2,(H,12,13). The molecule has 0 amide bonds. The Bertz CT molecular complexity index is 330. The summed E-state index contributed by atoms with van der Waals surface area (Å²) in [5.41, 5.74) is -0.816. The number of hydrogen-bond donors (Lipinski definition) is 1. The van der Waals surface area contributed by atoms with Crippen molar-refractivity contribution in [2.75, 3.05) is 31.2 Å². The lowest BCUT2D eigenvalue weighted by molar-refractivity contribution is -0.141. The van der Waals surface area contributed by atoms with Gasteiger partial charge in [0.05, 0.1) is 13.2 Å². The van der Waals surface area contributed by atoms with Crippen LogP contribution in [-0.2, 0) is 10.9 Å². The Labute approximate surface area is 84.0 Å². The number of morpholine rings is 1. The summed E-state index contributed by atoms with van der Waals surface area (Å²) >= 11 is 0. The molecule has 1 saturated heterocycles. The predicted molar refractivity (Wildman–Crippen MR) is 46.6 cm³/mol. The second-order valence-electron chi connectivity index (χ2n) is 3.24. The van der Waals surface area contributed by atoms with Crippen molar-refractivity contribution in [2.45, 2.75) is 6.18 Å². The molecule has 84 valence electrons. The van der Waals surface area contributed by atoms with Crippen LogP contribution in [0.15, 0.2) is 6.07 Å². The first-order valence-corrected chi connectivity index (χ1v) is 4.52. The lowest BCUT2D eigenvalue weighted by Gasteiger charge is -2.26. The molecule has 0 radical (unpaired) electrons. The van der Waals surface area contributed by atoms with Gasteiger partial charge in [0.2, 0.25) is 0 Å². The first kappa shape index (κ1) is 10.3. The minimum atomic E-state index is -4.36. The Morgan fingerprint density at radius 2 is 2.00 bits per heavy atom. The van der Waals surface area contributed by atoms with Gasteiger partial charge in [-0.2, -0.15) is 18.3 Å². The Kier molecular flexibility index (Phi) is 2.56. The molecule has 2 heterocycles. The Hall–Kier alpha value is -1.24. The molecule has 1 N–H and O–H groups in total. The monoisotopic (exact) mass is 221 g/mol. The van der Waals surface area contributed by atoms with Gasteiger partial charge < -0.3 is 9.64 Å². The van der Waals surface area contributed by atoms with Gasteiger partial charge in [-0.1, -0.05) is 0 Å². The highest BCUT2D eigenvalue weighted by Crippen LogP contribution is 2.29. The fourth-order valence-electron chi connectivity index (χ4n) is 1.41. The van der Waals surface area contributed by atoms with Crippen molar-refractivity contribution in [1.82, 2.24) is 10.2 Å². The van der Waals surface area contributed by atoms with Gasteiger partial charge in [-0.25, -0.2) is 0 Å². The van der Waals surface area contributed by atoms with Crippen molar-refractivity contribution >= 4 is 5.82 Å². The number of aromatic nitrogens is 2. The van der Waals surface area contributed by atoms with Crippen molar-refractivity contribution in [1.29, 1.82) is 0 Å². The molecular formula is C8H10F3N3O. The zero-order valence-electron chi connectivity index (χ0n) is 7.84. The van der Waals surface area contributed by atoms with Crippen LogP contribution in [0.25, 0.3) is 0 Å². The maximum atomic E-state index is 12.3. The molecule has 0 spiro atoms. The van der Waals surface area contributed by atoms with Gasteiger partial charge in [0, 0.05) is 19.2 Å². The zero-order valence-corrected chi connectivity index (χ0v) is 7.84. The van der Waals surface area contributed by atoms with E-state index in [0.717, 1.165) is 6.07 Å². The van der Waals surface area contributed by atoms with Gasteiger partial charge in [-0.05, 0) is 0 Å². The maximum Gasteiger partial charge on any atom is 0.432 e. The van der Waals surface area contributed by atoms with Crippen molar-refractivity contribution in [2.24, 2.45) is 0 Å². The zero-order chi connectivity index (χ0) is 10.9. The van der Waals surface area contributed by atoms with Crippen LogP contribution in [0.5, 0.6) is 0 Å². The van der Waals surface area contributed by atoms with Crippen LogP contribution >= 0.6 is 0 Å². The van der Waals surface area contributed by atoms with Crippen LogP contribution < -0.4 is 4.90 Å². The molecular weight excluding hydrogens is 211 g/mol. The summed E-state index contributed by atoms with van der Waals surface area (Å²) in [4.78, 5) is 1.76. The van der Waals surface area contributed by atoms with E-state index in [0.29, 0.717) is 32.1 Å². The third-order valence-corrected chi connectivity index (χ3v) is 2.20. The smallest absolute Gasteiger partial charge is 0.378 e. The van der Waals surface area contributed by atoms with E-state index in [2.05, 4.69) is 5.10 Å². The van der Waals surface area contributed by atoms with Crippen LogP contribution in [-0.4, -0.2) is 36.5 Å². The van der Waals surface area contributed by atoms with Gasteiger partial charge in [0.25, 0.3) is 0 Å². The number of nitrogens with zero attached hydrogens (tertiary/aromatic N) is 2. The molecule has 15 heavy (non-hydrogen) atoms. The first-order chi connectivity index (χ1) is 7.07. The molecule has 1 aromatic rings. The van der Waals surface area contributed by atoms with E-state index in [1.165, 1.54) is 0 Å². The van der Waals surface area contributed by atoms with E-state index in [1.54, 1.807) is 4.90 Å². The Morgan fingerprint density at radius 1 is 1.33 bits per heavy atom. The van der Waals surface area contributed by atoms with Crippen LogP contribution in [0, 0.1) is 0 Å². The number of rotatable bonds is 1. The third kappa shape index (κ3) is 2.23. The predicted octanol–water partition coefficient (Wildman–Crippen LogP) is 1.27. The largest absolute Gasteiger partial charge is 0.432 e. The normalized spacial score (nSPS) is 18.2. The highest BCUT2D eigenvalue weighted by Gasteiger charge is 2.33. The molecule has 0 aromatic carbocycles. The topological polar surface area (TPSA) is 41.1 Å². The minimum absolute atomic E-state index is 0.325. The van der Waals surface area contributed by atoms with E-state index in [9.17, 15) is 13.2 Å². The highest BCUT2D eigenvalue weighted by atomic mass is 19.4. The minimum Gasteiger partial charge on any atom is -0.378 e. The Balaban J connectivity index is 2.12. The van der Waals surface area contributed by atoms with Crippen LogP contribution in [0.4, 0.5) is 19.0 Å². The first-order valence-electron chi connectivity index (χ1n) is 4.52. The van der Waals surface area contributed by atoms with E-state index >= 15 is 0 Å². The van der Waals surface area contributed by atoms with E-state index < -0.39 is 11.9 Å². The maximum absolute atomic E-state index is 12.3. The molecule has 0 saturated carbocycles. The average Bonchev–Trinajstić information content (AvgIpc) is 2.67. The van der Waals surface area contributed by atoms with Gasteiger partial charge in [0.1, 0.15) is 5.69 Å². The fourth-order valence-corrected chi connectivity index (χ4v) is 1.41. The van der Waals surface area contributed by atoms with Crippen LogP contribution in [0.1, 0.15) is 5.69 Å². The number of alkyl halides is 3. The lowest BCUT2D eigenvalue weighted by atomic mass is 10.3. The summed E-state index contributed by atoms with van der Waals surface area (Å²) in [6.45, 7) is 2.19. The summed E-state index contributed by atoms with van der Waals surface area (Å²) in [7, 11) is 0. The molecule has 0 unspecified atom stereocenters. The van der Waals surface area contributed by atoms with Crippen molar-refractivity contribution in [3.8, 4) is 0 Å².